The summed E-state index contributed by atoms with van der Waals surface area (Å²) in [5, 5.41) is 2.92. The lowest BCUT2D eigenvalue weighted by Crippen LogP contribution is -2.25. The lowest BCUT2D eigenvalue weighted by molar-refractivity contribution is 0.0950. The van der Waals surface area contributed by atoms with Gasteiger partial charge in [-0.3, -0.25) is 4.79 Å². The van der Waals surface area contributed by atoms with Gasteiger partial charge in [-0.25, -0.2) is 4.98 Å². The fourth-order valence-corrected chi connectivity index (χ4v) is 1.96. The fourth-order valence-electron chi connectivity index (χ4n) is 1.69. The highest BCUT2D eigenvalue weighted by molar-refractivity contribution is 9.10. The van der Waals surface area contributed by atoms with Crippen molar-refractivity contribution < 1.29 is 9.53 Å². The Morgan fingerprint density at radius 3 is 2.55 bits per heavy atom. The smallest absolute Gasteiger partial charge is 0.253 e. The van der Waals surface area contributed by atoms with Crippen LogP contribution in [-0.2, 0) is 0 Å². The van der Waals surface area contributed by atoms with Crippen LogP contribution in [0.5, 0.6) is 11.6 Å². The first-order valence-electron chi connectivity index (χ1n) is 6.41. The van der Waals surface area contributed by atoms with Crippen LogP contribution in [0.15, 0.2) is 47.1 Å². The van der Waals surface area contributed by atoms with E-state index in [1.807, 2.05) is 24.3 Å². The predicted molar refractivity (Wildman–Crippen MR) is 78.9 cm³/mol. The molecule has 1 aliphatic carbocycles. The van der Waals surface area contributed by atoms with Crippen LogP contribution in [0.25, 0.3) is 0 Å². The summed E-state index contributed by atoms with van der Waals surface area (Å²) in [7, 11) is 0. The topological polar surface area (TPSA) is 51.2 Å². The van der Waals surface area contributed by atoms with Crippen molar-refractivity contribution in [3.8, 4) is 11.6 Å². The lowest BCUT2D eigenvalue weighted by Gasteiger charge is -2.06. The second kappa shape index (κ2) is 5.63. The van der Waals surface area contributed by atoms with Crippen LogP contribution in [0.2, 0.25) is 0 Å². The Morgan fingerprint density at radius 1 is 1.20 bits per heavy atom. The average molecular weight is 333 g/mol. The molecule has 1 fully saturated rings. The molecule has 1 heterocycles. The molecule has 0 atom stereocenters. The number of carbonyl (C=O) groups is 1. The number of nitrogens with zero attached hydrogens (tertiary/aromatic N) is 1. The Labute approximate surface area is 125 Å². The van der Waals surface area contributed by atoms with Gasteiger partial charge < -0.3 is 10.1 Å². The molecule has 5 heteroatoms. The molecule has 1 amide bonds. The van der Waals surface area contributed by atoms with Crippen LogP contribution in [0.3, 0.4) is 0 Å². The maximum absolute atomic E-state index is 11.8. The molecule has 1 aromatic heterocycles. The van der Waals surface area contributed by atoms with Crippen molar-refractivity contribution in [3.05, 3.63) is 52.6 Å². The average Bonchev–Trinajstić information content (AvgIpc) is 3.26. The third-order valence-electron chi connectivity index (χ3n) is 2.95. The highest BCUT2D eigenvalue weighted by Gasteiger charge is 2.23. The molecular formula is C15H13BrN2O2. The van der Waals surface area contributed by atoms with Crippen LogP contribution >= 0.6 is 15.9 Å². The molecule has 4 nitrogen and oxygen atoms in total. The summed E-state index contributed by atoms with van der Waals surface area (Å²) in [4.78, 5) is 16.0. The quantitative estimate of drug-likeness (QED) is 0.931. The summed E-state index contributed by atoms with van der Waals surface area (Å²) in [6.45, 7) is 0. The number of amides is 1. The number of aromatic nitrogens is 1. The zero-order chi connectivity index (χ0) is 13.9. The van der Waals surface area contributed by atoms with E-state index in [-0.39, 0.29) is 5.91 Å². The van der Waals surface area contributed by atoms with E-state index in [9.17, 15) is 4.79 Å². The summed E-state index contributed by atoms with van der Waals surface area (Å²) < 4.78 is 6.59. The maximum atomic E-state index is 11.8. The van der Waals surface area contributed by atoms with E-state index in [1.54, 1.807) is 12.1 Å². The zero-order valence-electron chi connectivity index (χ0n) is 10.7. The van der Waals surface area contributed by atoms with Crippen LogP contribution < -0.4 is 10.1 Å². The molecule has 0 aliphatic heterocycles. The Kier molecular flexibility index (Phi) is 3.69. The van der Waals surface area contributed by atoms with E-state index in [0.29, 0.717) is 23.2 Å². The van der Waals surface area contributed by atoms with Gasteiger partial charge in [-0.15, -0.1) is 0 Å². The molecule has 0 unspecified atom stereocenters. The van der Waals surface area contributed by atoms with Gasteiger partial charge in [0.25, 0.3) is 5.91 Å². The second-order valence-corrected chi connectivity index (χ2v) is 5.60. The third kappa shape index (κ3) is 3.36. The van der Waals surface area contributed by atoms with E-state index in [2.05, 4.69) is 26.2 Å². The van der Waals surface area contributed by atoms with E-state index in [4.69, 9.17) is 4.74 Å². The van der Waals surface area contributed by atoms with Gasteiger partial charge >= 0.3 is 0 Å². The van der Waals surface area contributed by atoms with Gasteiger partial charge in [0.1, 0.15) is 5.75 Å². The normalized spacial score (nSPS) is 13.8. The van der Waals surface area contributed by atoms with E-state index >= 15 is 0 Å². The highest BCUT2D eigenvalue weighted by atomic mass is 79.9. The van der Waals surface area contributed by atoms with Crippen LogP contribution in [0, 0.1) is 0 Å². The van der Waals surface area contributed by atoms with Crippen molar-refractivity contribution in [2.75, 3.05) is 0 Å². The molecule has 1 saturated carbocycles. The molecule has 102 valence electrons. The van der Waals surface area contributed by atoms with Gasteiger partial charge in [-0.2, -0.15) is 0 Å². The SMILES string of the molecule is O=C(NC1CC1)c1ccc(Oc2ccc(Br)cc2)nc1. The molecule has 2 aromatic rings. The number of carbonyl (C=O) groups excluding carboxylic acids is 1. The monoisotopic (exact) mass is 332 g/mol. The molecule has 0 spiro atoms. The summed E-state index contributed by atoms with van der Waals surface area (Å²) in [5.74, 6) is 1.10. The van der Waals surface area contributed by atoms with Crippen molar-refractivity contribution >= 4 is 21.8 Å². The van der Waals surface area contributed by atoms with Crippen LogP contribution in [0.1, 0.15) is 23.2 Å². The fraction of sp³-hybridized carbons (Fsp3) is 0.200. The predicted octanol–water partition coefficient (Wildman–Crippen LogP) is 3.53. The second-order valence-electron chi connectivity index (χ2n) is 4.69. The van der Waals surface area contributed by atoms with Gasteiger partial charge in [-0.05, 0) is 43.2 Å². The molecule has 1 aromatic carbocycles. The van der Waals surface area contributed by atoms with Gasteiger partial charge in [0.05, 0.1) is 5.56 Å². The number of ether oxygens (including phenoxy) is 1. The molecule has 0 bridgehead atoms. The molecular weight excluding hydrogens is 320 g/mol. The minimum absolute atomic E-state index is 0.0739. The number of hydrogen-bond acceptors (Lipinski definition) is 3. The number of pyridine rings is 1. The zero-order valence-corrected chi connectivity index (χ0v) is 12.3. The molecule has 0 radical (unpaired) electrons. The Bertz CT molecular complexity index is 607. The van der Waals surface area contributed by atoms with Crippen molar-refractivity contribution in [2.24, 2.45) is 0 Å². The first-order chi connectivity index (χ1) is 9.70. The van der Waals surface area contributed by atoms with Crippen molar-refractivity contribution in [1.29, 1.82) is 0 Å². The van der Waals surface area contributed by atoms with E-state index in [1.165, 1.54) is 6.20 Å². The van der Waals surface area contributed by atoms with Gasteiger partial charge in [-0.1, -0.05) is 15.9 Å². The number of rotatable bonds is 4. The number of nitrogens with one attached hydrogen (secondary N) is 1. The molecule has 3 rings (SSSR count). The standard InChI is InChI=1S/C15H13BrN2O2/c16-11-2-6-13(7-3-11)20-14-8-1-10(9-17-14)15(19)18-12-4-5-12/h1-3,6-9,12H,4-5H2,(H,18,19). The summed E-state index contributed by atoms with van der Waals surface area (Å²) >= 11 is 3.37. The summed E-state index contributed by atoms with van der Waals surface area (Å²) in [5.41, 5.74) is 0.556. The molecule has 1 N–H and O–H groups in total. The van der Waals surface area contributed by atoms with Gasteiger partial charge in [0, 0.05) is 22.8 Å². The first kappa shape index (κ1) is 13.1. The Balaban J connectivity index is 1.66. The highest BCUT2D eigenvalue weighted by Crippen LogP contribution is 2.22. The third-order valence-corrected chi connectivity index (χ3v) is 3.48. The largest absolute Gasteiger partial charge is 0.439 e. The van der Waals surface area contributed by atoms with Gasteiger partial charge in [0.15, 0.2) is 0 Å². The minimum Gasteiger partial charge on any atom is -0.439 e. The first-order valence-corrected chi connectivity index (χ1v) is 7.20. The number of halogens is 1. The number of benzene rings is 1. The Hall–Kier alpha value is -1.88. The van der Waals surface area contributed by atoms with E-state index in [0.717, 1.165) is 17.3 Å². The van der Waals surface area contributed by atoms with Crippen LogP contribution in [-0.4, -0.2) is 16.9 Å². The molecule has 20 heavy (non-hydrogen) atoms. The summed E-state index contributed by atoms with van der Waals surface area (Å²) in [6, 6.07) is 11.3. The van der Waals surface area contributed by atoms with Gasteiger partial charge in [0.2, 0.25) is 5.88 Å². The summed E-state index contributed by atoms with van der Waals surface area (Å²) in [6.07, 6.45) is 3.68. The van der Waals surface area contributed by atoms with Crippen molar-refractivity contribution in [3.63, 3.8) is 0 Å². The maximum Gasteiger partial charge on any atom is 0.253 e. The van der Waals surface area contributed by atoms with Crippen LogP contribution in [0.4, 0.5) is 0 Å². The van der Waals surface area contributed by atoms with Crippen molar-refractivity contribution in [1.82, 2.24) is 10.3 Å². The Morgan fingerprint density at radius 2 is 1.95 bits per heavy atom. The van der Waals surface area contributed by atoms with Crippen molar-refractivity contribution in [2.45, 2.75) is 18.9 Å². The molecule has 1 aliphatic rings. The molecule has 0 saturated heterocycles. The minimum atomic E-state index is -0.0739. The lowest BCUT2D eigenvalue weighted by atomic mass is 10.2. The number of hydrogen-bond donors (Lipinski definition) is 1. The van der Waals surface area contributed by atoms with E-state index < -0.39 is 0 Å².